The lowest BCUT2D eigenvalue weighted by atomic mass is 9.98. The van der Waals surface area contributed by atoms with Gasteiger partial charge in [-0.1, -0.05) is 18.9 Å². The molecule has 0 spiro atoms. The molecule has 0 unspecified atom stereocenters. The lowest BCUT2D eigenvalue weighted by molar-refractivity contribution is -0.121. The van der Waals surface area contributed by atoms with Gasteiger partial charge in [-0.15, -0.1) is 12.4 Å². The van der Waals surface area contributed by atoms with Crippen molar-refractivity contribution in [3.63, 3.8) is 0 Å². The molecule has 0 bridgehead atoms. The molecule has 6 heteroatoms. The van der Waals surface area contributed by atoms with Crippen LogP contribution in [0.5, 0.6) is 0 Å². The summed E-state index contributed by atoms with van der Waals surface area (Å²) in [6.45, 7) is 0. The Morgan fingerprint density at radius 1 is 1.25 bits per heavy atom. The fraction of sp³-hybridized carbons (Fsp3) is 0.429. The van der Waals surface area contributed by atoms with Crippen molar-refractivity contribution in [1.82, 2.24) is 5.32 Å². The number of carbonyl (C=O) groups is 2. The molecule has 2 amide bonds. The molecule has 0 aromatic heterocycles. The first-order chi connectivity index (χ1) is 9.05. The Morgan fingerprint density at radius 2 is 1.90 bits per heavy atom. The maximum atomic E-state index is 12.2. The van der Waals surface area contributed by atoms with Crippen molar-refractivity contribution >= 4 is 29.9 Å². The number of nitrogens with one attached hydrogen (secondary N) is 2. The number of rotatable bonds is 3. The number of hydrogen-bond acceptors (Lipinski definition) is 3. The average Bonchev–Trinajstić information content (AvgIpc) is 2.86. The summed E-state index contributed by atoms with van der Waals surface area (Å²) in [5.74, 6) is -0.349. The molecule has 1 fully saturated rings. The third-order valence-corrected chi connectivity index (χ3v) is 3.56. The van der Waals surface area contributed by atoms with Crippen LogP contribution in [0.25, 0.3) is 0 Å². The van der Waals surface area contributed by atoms with Gasteiger partial charge in [0.05, 0.1) is 5.54 Å². The Hall–Kier alpha value is -1.59. The zero-order valence-electron chi connectivity index (χ0n) is 11.4. The van der Waals surface area contributed by atoms with E-state index in [0.717, 1.165) is 12.8 Å². The van der Waals surface area contributed by atoms with Gasteiger partial charge in [0.1, 0.15) is 0 Å². The molecule has 1 aromatic carbocycles. The van der Waals surface area contributed by atoms with E-state index in [1.807, 2.05) is 0 Å². The summed E-state index contributed by atoms with van der Waals surface area (Å²) in [5, 5.41) is 5.35. The van der Waals surface area contributed by atoms with Crippen molar-refractivity contribution in [2.45, 2.75) is 31.2 Å². The van der Waals surface area contributed by atoms with Crippen LogP contribution < -0.4 is 16.4 Å². The minimum atomic E-state index is -0.761. The Morgan fingerprint density at radius 3 is 2.50 bits per heavy atom. The molecule has 1 saturated carbocycles. The van der Waals surface area contributed by atoms with E-state index in [1.165, 1.54) is 0 Å². The van der Waals surface area contributed by atoms with E-state index in [4.69, 9.17) is 5.73 Å². The fourth-order valence-corrected chi connectivity index (χ4v) is 2.37. The fourth-order valence-electron chi connectivity index (χ4n) is 2.37. The van der Waals surface area contributed by atoms with Crippen molar-refractivity contribution < 1.29 is 9.59 Å². The first kappa shape index (κ1) is 16.5. The van der Waals surface area contributed by atoms with Crippen molar-refractivity contribution in [3.05, 3.63) is 29.8 Å². The number of benzene rings is 1. The van der Waals surface area contributed by atoms with Crippen molar-refractivity contribution in [2.24, 2.45) is 5.73 Å². The van der Waals surface area contributed by atoms with E-state index >= 15 is 0 Å². The average molecular weight is 298 g/mol. The van der Waals surface area contributed by atoms with E-state index in [-0.39, 0.29) is 24.2 Å². The van der Waals surface area contributed by atoms with Crippen molar-refractivity contribution in [1.29, 1.82) is 0 Å². The zero-order valence-corrected chi connectivity index (χ0v) is 12.3. The summed E-state index contributed by atoms with van der Waals surface area (Å²) in [5.41, 5.74) is 6.43. The summed E-state index contributed by atoms with van der Waals surface area (Å²) >= 11 is 0. The SMILES string of the molecule is CNC(=O)c1cccc(NC(=O)C2(N)CCCC2)c1.Cl. The van der Waals surface area contributed by atoms with Crippen LogP contribution in [0, 0.1) is 0 Å². The molecule has 0 atom stereocenters. The standard InChI is InChI=1S/C14H19N3O2.ClH/c1-16-12(18)10-5-4-6-11(9-10)17-13(19)14(15)7-2-3-8-14;/h4-6,9H,2-3,7-8,15H2,1H3,(H,16,18)(H,17,19);1H. The van der Waals surface area contributed by atoms with Crippen LogP contribution in [0.4, 0.5) is 5.69 Å². The van der Waals surface area contributed by atoms with Gasteiger partial charge in [0.15, 0.2) is 0 Å². The first-order valence-corrected chi connectivity index (χ1v) is 6.48. The van der Waals surface area contributed by atoms with Gasteiger partial charge in [-0.2, -0.15) is 0 Å². The van der Waals surface area contributed by atoms with Crippen LogP contribution in [0.15, 0.2) is 24.3 Å². The second-order valence-electron chi connectivity index (χ2n) is 4.98. The molecule has 0 aliphatic heterocycles. The third kappa shape index (κ3) is 3.49. The van der Waals surface area contributed by atoms with Gasteiger partial charge >= 0.3 is 0 Å². The van der Waals surface area contributed by atoms with Crippen LogP contribution >= 0.6 is 12.4 Å². The second-order valence-corrected chi connectivity index (χ2v) is 4.98. The van der Waals surface area contributed by atoms with Gasteiger partial charge in [0.25, 0.3) is 5.91 Å². The van der Waals surface area contributed by atoms with Gasteiger partial charge in [-0.25, -0.2) is 0 Å². The third-order valence-electron chi connectivity index (χ3n) is 3.56. The largest absolute Gasteiger partial charge is 0.355 e. The highest BCUT2D eigenvalue weighted by Gasteiger charge is 2.36. The van der Waals surface area contributed by atoms with Crippen LogP contribution in [0.3, 0.4) is 0 Å². The molecule has 0 saturated heterocycles. The number of anilines is 1. The van der Waals surface area contributed by atoms with E-state index in [9.17, 15) is 9.59 Å². The van der Waals surface area contributed by atoms with Gasteiger partial charge in [0, 0.05) is 18.3 Å². The van der Waals surface area contributed by atoms with Crippen LogP contribution in [0.1, 0.15) is 36.0 Å². The molecule has 1 aliphatic carbocycles. The minimum absolute atomic E-state index is 0. The number of hydrogen-bond donors (Lipinski definition) is 3. The molecular formula is C14H20ClN3O2. The lowest BCUT2D eigenvalue weighted by Gasteiger charge is -2.22. The molecule has 110 valence electrons. The summed E-state index contributed by atoms with van der Waals surface area (Å²) in [6, 6.07) is 6.83. The predicted molar refractivity (Wildman–Crippen MR) is 81.1 cm³/mol. The molecule has 2 rings (SSSR count). The molecule has 1 aliphatic rings. The highest BCUT2D eigenvalue weighted by atomic mass is 35.5. The first-order valence-electron chi connectivity index (χ1n) is 6.48. The van der Waals surface area contributed by atoms with Gasteiger partial charge in [0.2, 0.25) is 5.91 Å². The molecule has 5 nitrogen and oxygen atoms in total. The molecular weight excluding hydrogens is 278 g/mol. The Labute approximate surface area is 124 Å². The number of carbonyl (C=O) groups excluding carboxylic acids is 2. The highest BCUT2D eigenvalue weighted by molar-refractivity contribution is 6.00. The number of amides is 2. The van der Waals surface area contributed by atoms with Crippen LogP contribution in [-0.4, -0.2) is 24.4 Å². The van der Waals surface area contributed by atoms with Crippen molar-refractivity contribution in [3.8, 4) is 0 Å². The predicted octanol–water partition coefficient (Wildman–Crippen LogP) is 1.68. The van der Waals surface area contributed by atoms with Gasteiger partial charge < -0.3 is 16.4 Å². The smallest absolute Gasteiger partial charge is 0.251 e. The number of nitrogens with two attached hydrogens (primary N) is 1. The monoisotopic (exact) mass is 297 g/mol. The highest BCUT2D eigenvalue weighted by Crippen LogP contribution is 2.28. The maximum absolute atomic E-state index is 12.2. The van der Waals surface area contributed by atoms with Gasteiger partial charge in [-0.05, 0) is 31.0 Å². The summed E-state index contributed by atoms with van der Waals surface area (Å²) < 4.78 is 0. The van der Waals surface area contributed by atoms with Crippen LogP contribution in [0.2, 0.25) is 0 Å². The second kappa shape index (κ2) is 6.72. The Balaban J connectivity index is 0.00000200. The van der Waals surface area contributed by atoms with E-state index in [2.05, 4.69) is 10.6 Å². The molecule has 4 N–H and O–H groups in total. The normalized spacial score (nSPS) is 16.1. The molecule has 1 aromatic rings. The summed E-state index contributed by atoms with van der Waals surface area (Å²) in [7, 11) is 1.57. The topological polar surface area (TPSA) is 84.2 Å². The zero-order chi connectivity index (χ0) is 13.9. The number of halogens is 1. The Bertz CT molecular complexity index is 499. The van der Waals surface area contributed by atoms with E-state index in [0.29, 0.717) is 24.1 Å². The van der Waals surface area contributed by atoms with Crippen molar-refractivity contribution in [2.75, 3.05) is 12.4 Å². The van der Waals surface area contributed by atoms with E-state index < -0.39 is 5.54 Å². The van der Waals surface area contributed by atoms with Crippen LogP contribution in [-0.2, 0) is 4.79 Å². The molecule has 0 radical (unpaired) electrons. The Kier molecular flexibility index (Phi) is 5.53. The lowest BCUT2D eigenvalue weighted by Crippen LogP contribution is -2.48. The molecule has 20 heavy (non-hydrogen) atoms. The minimum Gasteiger partial charge on any atom is -0.355 e. The maximum Gasteiger partial charge on any atom is 0.251 e. The van der Waals surface area contributed by atoms with E-state index in [1.54, 1.807) is 31.3 Å². The van der Waals surface area contributed by atoms with Gasteiger partial charge in [-0.3, -0.25) is 9.59 Å². The summed E-state index contributed by atoms with van der Waals surface area (Å²) in [4.78, 5) is 23.7. The quantitative estimate of drug-likeness (QED) is 0.793. The summed E-state index contributed by atoms with van der Waals surface area (Å²) in [6.07, 6.45) is 3.41. The molecule has 0 heterocycles.